The molecule has 0 unspecified atom stereocenters. The van der Waals surface area contributed by atoms with Gasteiger partial charge in [-0.3, -0.25) is 4.79 Å². The molecule has 152 valence electrons. The number of hydrogen-bond acceptors (Lipinski definition) is 5. The van der Waals surface area contributed by atoms with Crippen LogP contribution >= 0.6 is 0 Å². The molecule has 1 aromatic carbocycles. The Hall–Kier alpha value is -2.87. The Morgan fingerprint density at radius 2 is 2.03 bits per heavy atom. The molecule has 1 atom stereocenters. The van der Waals surface area contributed by atoms with E-state index in [0.717, 1.165) is 36.4 Å². The van der Waals surface area contributed by atoms with Gasteiger partial charge in [-0.1, -0.05) is 18.2 Å². The Balaban J connectivity index is 1.51. The van der Waals surface area contributed by atoms with E-state index in [1.54, 1.807) is 35.5 Å². The van der Waals surface area contributed by atoms with Gasteiger partial charge in [0.2, 0.25) is 5.91 Å². The van der Waals surface area contributed by atoms with Crippen LogP contribution in [0.2, 0.25) is 0 Å². The van der Waals surface area contributed by atoms with Crippen LogP contribution in [0.4, 0.5) is 4.39 Å². The van der Waals surface area contributed by atoms with Crippen LogP contribution in [0.15, 0.2) is 36.7 Å². The van der Waals surface area contributed by atoms with Crippen molar-refractivity contribution in [3.8, 4) is 0 Å². The van der Waals surface area contributed by atoms with Gasteiger partial charge in [0.1, 0.15) is 11.3 Å². The first-order valence-corrected chi connectivity index (χ1v) is 9.86. The molecule has 1 aliphatic rings. The largest absolute Gasteiger partial charge is 0.342 e. The molecule has 0 saturated carbocycles. The molecule has 29 heavy (non-hydrogen) atoms. The lowest BCUT2D eigenvalue weighted by molar-refractivity contribution is -0.129. The summed E-state index contributed by atoms with van der Waals surface area (Å²) in [6, 6.07) is 6.44. The van der Waals surface area contributed by atoms with Crippen LogP contribution in [-0.2, 0) is 17.8 Å². The van der Waals surface area contributed by atoms with Crippen molar-refractivity contribution in [3.05, 3.63) is 53.7 Å². The molecule has 8 heteroatoms. The summed E-state index contributed by atoms with van der Waals surface area (Å²) in [4.78, 5) is 25.6. The maximum atomic E-state index is 13.9. The van der Waals surface area contributed by atoms with Gasteiger partial charge >= 0.3 is 0 Å². The number of fused-ring (bicyclic) bond motifs is 1. The minimum atomic E-state index is -0.336. The van der Waals surface area contributed by atoms with Gasteiger partial charge in [0.05, 0.1) is 18.7 Å². The molecule has 0 radical (unpaired) electrons. The summed E-state index contributed by atoms with van der Waals surface area (Å²) in [5, 5.41) is 4.80. The second-order valence-corrected chi connectivity index (χ2v) is 7.73. The fourth-order valence-electron chi connectivity index (χ4n) is 3.78. The fourth-order valence-corrected chi connectivity index (χ4v) is 3.78. The average Bonchev–Trinajstić information content (AvgIpc) is 3.33. The summed E-state index contributed by atoms with van der Waals surface area (Å²) in [5.74, 6) is -0.281. The summed E-state index contributed by atoms with van der Waals surface area (Å²) in [5.41, 5.74) is 2.92. The number of benzene rings is 1. The van der Waals surface area contributed by atoms with Crippen LogP contribution < -0.4 is 0 Å². The quantitative estimate of drug-likeness (QED) is 0.638. The van der Waals surface area contributed by atoms with Gasteiger partial charge < -0.3 is 9.80 Å². The molecule has 1 amide bonds. The first-order valence-electron chi connectivity index (χ1n) is 9.86. The number of carbonyl (C=O) groups is 1. The van der Waals surface area contributed by atoms with Crippen molar-refractivity contribution in [2.45, 2.75) is 25.3 Å². The summed E-state index contributed by atoms with van der Waals surface area (Å²) < 4.78 is 15.8. The average molecular weight is 396 g/mol. The number of likely N-dealkylation sites (N-methyl/N-ethyl adjacent to an activating group) is 1. The van der Waals surface area contributed by atoms with E-state index in [4.69, 9.17) is 5.10 Å². The van der Waals surface area contributed by atoms with E-state index in [0.29, 0.717) is 18.7 Å². The number of likely N-dealkylation sites (tertiary alicyclic amines) is 1. The molecule has 2 aromatic heterocycles. The van der Waals surface area contributed by atoms with Crippen LogP contribution in [0.1, 0.15) is 23.6 Å². The van der Waals surface area contributed by atoms with Crippen molar-refractivity contribution in [1.29, 1.82) is 0 Å². The first kappa shape index (κ1) is 19.4. The third-order valence-corrected chi connectivity index (χ3v) is 5.38. The molecule has 0 bridgehead atoms. The molecule has 3 heterocycles. The van der Waals surface area contributed by atoms with Gasteiger partial charge in [0.15, 0.2) is 5.65 Å². The number of amides is 1. The summed E-state index contributed by atoms with van der Waals surface area (Å²) in [7, 11) is 4.04. The molecule has 4 rings (SSSR count). The Bertz CT molecular complexity index is 1020. The molecule has 0 N–H and O–H groups in total. The molecule has 3 aromatic rings. The molecule has 1 saturated heterocycles. The lowest BCUT2D eigenvalue weighted by atomic mass is 10.0. The Morgan fingerprint density at radius 1 is 1.24 bits per heavy atom. The van der Waals surface area contributed by atoms with E-state index in [2.05, 4.69) is 14.9 Å². The highest BCUT2D eigenvalue weighted by Gasteiger charge is 2.31. The monoisotopic (exact) mass is 396 g/mol. The van der Waals surface area contributed by atoms with Crippen LogP contribution in [0, 0.1) is 5.82 Å². The van der Waals surface area contributed by atoms with E-state index in [1.807, 2.05) is 18.8 Å². The highest BCUT2D eigenvalue weighted by atomic mass is 19.1. The third-order valence-electron chi connectivity index (χ3n) is 5.38. The molecule has 1 fully saturated rings. The highest BCUT2D eigenvalue weighted by molar-refractivity contribution is 5.79. The fraction of sp³-hybridized carbons (Fsp3) is 0.429. The standard InChI is InChI=1S/C21H25FN6O/c1-26(2)11-12-28-21-20(23-8-9-24-21)19(25-28)16-7-10-27(14-16)18(29)13-15-5-3-4-6-17(15)22/h3-6,8-9,16H,7,10-14H2,1-2H3/t16-/m0/s1. The summed E-state index contributed by atoms with van der Waals surface area (Å²) in [6.07, 6.45) is 4.26. The lowest BCUT2D eigenvalue weighted by Crippen LogP contribution is -2.30. The van der Waals surface area contributed by atoms with Crippen molar-refractivity contribution in [1.82, 2.24) is 29.5 Å². The molecule has 7 nitrogen and oxygen atoms in total. The van der Waals surface area contributed by atoms with Gasteiger partial charge in [0.25, 0.3) is 0 Å². The molecular weight excluding hydrogens is 371 g/mol. The molecule has 0 aliphatic carbocycles. The van der Waals surface area contributed by atoms with Crippen molar-refractivity contribution >= 4 is 17.1 Å². The molecule has 0 spiro atoms. The SMILES string of the molecule is CN(C)CCn1nc([C@H]2CCN(C(=O)Cc3ccccc3F)C2)c2nccnc21. The van der Waals surface area contributed by atoms with E-state index in [1.165, 1.54) is 6.07 Å². The predicted octanol–water partition coefficient (Wildman–Crippen LogP) is 2.09. The second kappa shape index (κ2) is 8.24. The van der Waals surface area contributed by atoms with Crippen molar-refractivity contribution < 1.29 is 9.18 Å². The van der Waals surface area contributed by atoms with E-state index in [9.17, 15) is 9.18 Å². The van der Waals surface area contributed by atoms with Gasteiger partial charge in [-0.15, -0.1) is 0 Å². The van der Waals surface area contributed by atoms with Crippen molar-refractivity contribution in [2.24, 2.45) is 0 Å². The zero-order valence-electron chi connectivity index (χ0n) is 16.8. The number of nitrogens with zero attached hydrogens (tertiary/aromatic N) is 6. The Morgan fingerprint density at radius 3 is 2.83 bits per heavy atom. The molecular formula is C21H25FN6O. The van der Waals surface area contributed by atoms with Crippen molar-refractivity contribution in [2.75, 3.05) is 33.7 Å². The third kappa shape index (κ3) is 4.12. The zero-order chi connectivity index (χ0) is 20.4. The number of rotatable bonds is 6. The van der Waals surface area contributed by atoms with Crippen LogP contribution in [0.5, 0.6) is 0 Å². The predicted molar refractivity (Wildman–Crippen MR) is 108 cm³/mol. The Labute approximate surface area is 169 Å². The topological polar surface area (TPSA) is 67.2 Å². The normalized spacial score (nSPS) is 16.8. The van der Waals surface area contributed by atoms with Gasteiger partial charge in [-0.05, 0) is 32.1 Å². The number of carbonyl (C=O) groups excluding carboxylic acids is 1. The van der Waals surface area contributed by atoms with Gasteiger partial charge in [-0.25, -0.2) is 19.0 Å². The summed E-state index contributed by atoms with van der Waals surface area (Å²) in [6.45, 7) is 2.80. The second-order valence-electron chi connectivity index (χ2n) is 7.73. The minimum Gasteiger partial charge on any atom is -0.342 e. The smallest absolute Gasteiger partial charge is 0.227 e. The number of hydrogen-bond donors (Lipinski definition) is 0. The van der Waals surface area contributed by atoms with Crippen LogP contribution in [0.3, 0.4) is 0 Å². The summed E-state index contributed by atoms with van der Waals surface area (Å²) >= 11 is 0. The van der Waals surface area contributed by atoms with Crippen molar-refractivity contribution in [3.63, 3.8) is 0 Å². The number of aromatic nitrogens is 4. The maximum Gasteiger partial charge on any atom is 0.227 e. The van der Waals surface area contributed by atoms with E-state index < -0.39 is 0 Å². The van der Waals surface area contributed by atoms with E-state index in [-0.39, 0.29) is 24.1 Å². The van der Waals surface area contributed by atoms with Crippen LogP contribution in [0.25, 0.3) is 11.2 Å². The van der Waals surface area contributed by atoms with E-state index >= 15 is 0 Å². The lowest BCUT2D eigenvalue weighted by Gasteiger charge is -2.16. The van der Waals surface area contributed by atoms with Gasteiger partial charge in [0, 0.05) is 37.9 Å². The van der Waals surface area contributed by atoms with Crippen LogP contribution in [-0.4, -0.2) is 69.2 Å². The highest BCUT2D eigenvalue weighted by Crippen LogP contribution is 2.30. The Kier molecular flexibility index (Phi) is 5.53. The first-order chi connectivity index (χ1) is 14.0. The zero-order valence-corrected chi connectivity index (χ0v) is 16.8. The minimum absolute atomic E-state index is 0.0555. The van der Waals surface area contributed by atoms with Gasteiger partial charge in [-0.2, -0.15) is 5.10 Å². The maximum absolute atomic E-state index is 13.9. The number of halogens is 1. The molecule has 1 aliphatic heterocycles.